The molecule has 1 saturated heterocycles. The van der Waals surface area contributed by atoms with Crippen molar-refractivity contribution >= 4 is 46.1 Å². The van der Waals surface area contributed by atoms with Crippen molar-refractivity contribution in [2.24, 2.45) is 4.99 Å². The first kappa shape index (κ1) is 21.6. The number of rotatable bonds is 8. The number of hydrogen-bond donors (Lipinski definition) is 2. The number of amides is 2. The van der Waals surface area contributed by atoms with Gasteiger partial charge in [-0.05, 0) is 42.8 Å². The molecule has 2 aromatic carbocycles. The number of para-hydroxylation sites is 1. The first-order chi connectivity index (χ1) is 14.5. The summed E-state index contributed by atoms with van der Waals surface area (Å²) in [7, 11) is 0. The number of thioether (sulfide) groups is 1. The second-order valence-corrected chi connectivity index (χ2v) is 7.98. The molecule has 8 heteroatoms. The Bertz CT molecular complexity index is 945. The summed E-state index contributed by atoms with van der Waals surface area (Å²) < 4.78 is 0. The number of carboxylic acid groups (broad SMARTS) is 1. The molecule has 30 heavy (non-hydrogen) atoms. The maximum Gasteiger partial charge on any atom is 0.335 e. The number of carbonyl (C=O) groups is 3. The van der Waals surface area contributed by atoms with Crippen molar-refractivity contribution in [3.8, 4) is 0 Å². The minimum Gasteiger partial charge on any atom is -0.478 e. The fourth-order valence-corrected chi connectivity index (χ4v) is 4.12. The van der Waals surface area contributed by atoms with E-state index in [1.165, 1.54) is 36.0 Å². The molecule has 2 amide bonds. The third kappa shape index (κ3) is 5.48. The number of carboxylic acids is 1. The number of unbranched alkanes of at least 4 members (excludes halogenated alkanes) is 1. The molecule has 2 aromatic rings. The molecule has 0 spiro atoms. The van der Waals surface area contributed by atoms with E-state index in [0.717, 1.165) is 18.5 Å². The molecule has 0 unspecified atom stereocenters. The van der Waals surface area contributed by atoms with Crippen LogP contribution < -0.4 is 5.32 Å². The summed E-state index contributed by atoms with van der Waals surface area (Å²) in [6, 6.07) is 15.3. The normalized spacial score (nSPS) is 17.4. The molecule has 156 valence electrons. The van der Waals surface area contributed by atoms with Crippen LogP contribution in [0.15, 0.2) is 59.6 Å². The molecule has 0 saturated carbocycles. The number of amidine groups is 1. The summed E-state index contributed by atoms with van der Waals surface area (Å²) in [6.07, 6.45) is 1.82. The maximum atomic E-state index is 12.9. The lowest BCUT2D eigenvalue weighted by atomic mass is 10.2. The third-order valence-corrected chi connectivity index (χ3v) is 5.70. The van der Waals surface area contributed by atoms with Crippen molar-refractivity contribution in [1.29, 1.82) is 0 Å². The van der Waals surface area contributed by atoms with E-state index < -0.39 is 11.2 Å². The van der Waals surface area contributed by atoms with Gasteiger partial charge in [-0.25, -0.2) is 9.79 Å². The Morgan fingerprint density at radius 2 is 1.83 bits per heavy atom. The summed E-state index contributed by atoms with van der Waals surface area (Å²) in [5.41, 5.74) is 1.39. The Hall–Kier alpha value is -3.13. The SMILES string of the molecule is CCCCN1C(=O)[C@H](CC(=O)Nc2ccc(C(=O)O)cc2)SC1=Nc1ccccc1. The van der Waals surface area contributed by atoms with E-state index in [1.54, 1.807) is 4.90 Å². The molecule has 3 rings (SSSR count). The Kier molecular flexibility index (Phi) is 7.24. The van der Waals surface area contributed by atoms with E-state index in [2.05, 4.69) is 17.2 Å². The van der Waals surface area contributed by atoms with Gasteiger partial charge in [0.15, 0.2) is 5.17 Å². The number of anilines is 1. The van der Waals surface area contributed by atoms with Gasteiger partial charge in [-0.15, -0.1) is 0 Å². The van der Waals surface area contributed by atoms with Crippen molar-refractivity contribution in [2.75, 3.05) is 11.9 Å². The molecule has 1 heterocycles. The zero-order valence-electron chi connectivity index (χ0n) is 16.6. The number of nitrogens with one attached hydrogen (secondary N) is 1. The number of aliphatic imine (C=N–C) groups is 1. The van der Waals surface area contributed by atoms with Crippen molar-refractivity contribution < 1.29 is 19.5 Å². The van der Waals surface area contributed by atoms with Crippen molar-refractivity contribution in [3.63, 3.8) is 0 Å². The summed E-state index contributed by atoms with van der Waals surface area (Å²) in [6.45, 7) is 2.63. The third-order valence-electron chi connectivity index (χ3n) is 4.52. The lowest BCUT2D eigenvalue weighted by molar-refractivity contribution is -0.128. The van der Waals surface area contributed by atoms with Gasteiger partial charge in [0.1, 0.15) is 5.25 Å². The molecule has 2 N–H and O–H groups in total. The van der Waals surface area contributed by atoms with Crippen LogP contribution in [0.3, 0.4) is 0 Å². The maximum absolute atomic E-state index is 12.9. The zero-order valence-corrected chi connectivity index (χ0v) is 17.4. The fraction of sp³-hybridized carbons (Fsp3) is 0.273. The highest BCUT2D eigenvalue weighted by atomic mass is 32.2. The predicted molar refractivity (Wildman–Crippen MR) is 118 cm³/mol. The van der Waals surface area contributed by atoms with Crippen LogP contribution in [0.2, 0.25) is 0 Å². The summed E-state index contributed by atoms with van der Waals surface area (Å²) in [5, 5.41) is 11.7. The Morgan fingerprint density at radius 1 is 1.13 bits per heavy atom. The van der Waals surface area contributed by atoms with Gasteiger partial charge in [0.05, 0.1) is 11.3 Å². The van der Waals surface area contributed by atoms with Gasteiger partial charge >= 0.3 is 5.97 Å². The molecule has 7 nitrogen and oxygen atoms in total. The summed E-state index contributed by atoms with van der Waals surface area (Å²) in [5.74, 6) is -1.45. The van der Waals surface area contributed by atoms with Gasteiger partial charge in [-0.2, -0.15) is 0 Å². The molecule has 0 aromatic heterocycles. The summed E-state index contributed by atoms with van der Waals surface area (Å²) in [4.78, 5) is 42.6. The number of aromatic carboxylic acids is 1. The molecule has 1 fully saturated rings. The molecule has 0 radical (unpaired) electrons. The highest BCUT2D eigenvalue weighted by molar-refractivity contribution is 8.15. The largest absolute Gasteiger partial charge is 0.478 e. The van der Waals surface area contributed by atoms with Gasteiger partial charge in [-0.3, -0.25) is 14.5 Å². The smallest absolute Gasteiger partial charge is 0.335 e. The van der Waals surface area contributed by atoms with Crippen LogP contribution in [0.25, 0.3) is 0 Å². The van der Waals surface area contributed by atoms with Crippen molar-refractivity contribution in [1.82, 2.24) is 4.90 Å². The number of carbonyl (C=O) groups excluding carboxylic acids is 2. The molecule has 0 bridgehead atoms. The van der Waals surface area contributed by atoms with E-state index in [0.29, 0.717) is 17.4 Å². The lowest BCUT2D eigenvalue weighted by Crippen LogP contribution is -2.34. The molecular weight excluding hydrogens is 402 g/mol. The highest BCUT2D eigenvalue weighted by Crippen LogP contribution is 2.32. The average molecular weight is 426 g/mol. The zero-order chi connectivity index (χ0) is 21.5. The second-order valence-electron chi connectivity index (χ2n) is 6.81. The minimum absolute atomic E-state index is 0.0145. The second kappa shape index (κ2) is 10.1. The Morgan fingerprint density at radius 3 is 2.47 bits per heavy atom. The van der Waals surface area contributed by atoms with Gasteiger partial charge in [0, 0.05) is 18.7 Å². The van der Waals surface area contributed by atoms with Crippen LogP contribution in [-0.4, -0.2) is 44.8 Å². The van der Waals surface area contributed by atoms with Gasteiger partial charge in [0.2, 0.25) is 11.8 Å². The van der Waals surface area contributed by atoms with Gasteiger partial charge in [0.25, 0.3) is 0 Å². The quantitative estimate of drug-likeness (QED) is 0.662. The first-order valence-electron chi connectivity index (χ1n) is 9.73. The Labute approximate surface area is 179 Å². The number of nitrogens with zero attached hydrogens (tertiary/aromatic N) is 2. The molecule has 1 aliphatic rings. The van der Waals surface area contributed by atoms with E-state index >= 15 is 0 Å². The van der Waals surface area contributed by atoms with Crippen LogP contribution in [0.1, 0.15) is 36.5 Å². The number of benzene rings is 2. The Balaban J connectivity index is 1.69. The van der Waals surface area contributed by atoms with Crippen molar-refractivity contribution in [3.05, 3.63) is 60.2 Å². The monoisotopic (exact) mass is 425 g/mol. The molecule has 0 aliphatic carbocycles. The van der Waals surface area contributed by atoms with E-state index in [4.69, 9.17) is 5.11 Å². The van der Waals surface area contributed by atoms with E-state index in [9.17, 15) is 14.4 Å². The van der Waals surface area contributed by atoms with Crippen LogP contribution in [0.4, 0.5) is 11.4 Å². The van der Waals surface area contributed by atoms with Crippen LogP contribution >= 0.6 is 11.8 Å². The predicted octanol–water partition coefficient (Wildman–Crippen LogP) is 4.15. The fourth-order valence-electron chi connectivity index (χ4n) is 2.94. The van der Waals surface area contributed by atoms with Crippen LogP contribution in [-0.2, 0) is 9.59 Å². The molecule has 1 atom stereocenters. The lowest BCUT2D eigenvalue weighted by Gasteiger charge is -2.15. The summed E-state index contributed by atoms with van der Waals surface area (Å²) >= 11 is 1.31. The molecular formula is C22H23N3O4S. The van der Waals surface area contributed by atoms with Crippen molar-refractivity contribution in [2.45, 2.75) is 31.4 Å². The number of hydrogen-bond acceptors (Lipinski definition) is 5. The minimum atomic E-state index is -1.03. The van der Waals surface area contributed by atoms with Gasteiger partial charge in [-0.1, -0.05) is 43.3 Å². The topological polar surface area (TPSA) is 99.1 Å². The highest BCUT2D eigenvalue weighted by Gasteiger charge is 2.38. The van der Waals surface area contributed by atoms with E-state index in [-0.39, 0.29) is 23.8 Å². The standard InChI is InChI=1S/C22H23N3O4S/c1-2-3-13-25-20(27)18(30-22(25)24-16-7-5-4-6-8-16)14-19(26)23-17-11-9-15(10-12-17)21(28)29/h4-12,18H,2-3,13-14H2,1H3,(H,23,26)(H,28,29)/t18-/m0/s1. The van der Waals surface area contributed by atoms with Crippen LogP contribution in [0, 0.1) is 0 Å². The molecule has 1 aliphatic heterocycles. The average Bonchev–Trinajstić information content (AvgIpc) is 3.01. The first-order valence-corrected chi connectivity index (χ1v) is 10.6. The van der Waals surface area contributed by atoms with Gasteiger partial charge < -0.3 is 10.4 Å². The van der Waals surface area contributed by atoms with E-state index in [1.807, 2.05) is 30.3 Å². The van der Waals surface area contributed by atoms with Crippen LogP contribution in [0.5, 0.6) is 0 Å².